The van der Waals surface area contributed by atoms with E-state index < -0.39 is 0 Å². The number of carbonyl (C=O) groups is 1. The quantitative estimate of drug-likeness (QED) is 0.798. The van der Waals surface area contributed by atoms with Crippen LogP contribution in [-0.4, -0.2) is 46.6 Å². The molecule has 0 radical (unpaired) electrons. The number of aromatic nitrogens is 2. The van der Waals surface area contributed by atoms with Crippen molar-refractivity contribution >= 4 is 5.91 Å². The number of carbonyl (C=O) groups excluding carboxylic acids is 1. The summed E-state index contributed by atoms with van der Waals surface area (Å²) < 4.78 is 5.68. The molecule has 2 aliphatic rings. The van der Waals surface area contributed by atoms with Gasteiger partial charge in [-0.25, -0.2) is 4.98 Å². The molecule has 1 saturated heterocycles. The van der Waals surface area contributed by atoms with E-state index in [0.717, 1.165) is 6.54 Å². The average Bonchev–Trinajstić information content (AvgIpc) is 3.04. The fourth-order valence-corrected chi connectivity index (χ4v) is 2.16. The molecule has 0 spiro atoms. The molecule has 5 heteroatoms. The van der Waals surface area contributed by atoms with Crippen molar-refractivity contribution in [3.05, 3.63) is 18.2 Å². The minimum atomic E-state index is 0.0338. The maximum atomic E-state index is 12.0. The van der Waals surface area contributed by atoms with Gasteiger partial charge in [0.2, 0.25) is 0 Å². The lowest BCUT2D eigenvalue weighted by atomic mass is 10.2. The van der Waals surface area contributed by atoms with Crippen molar-refractivity contribution in [2.24, 2.45) is 5.92 Å². The van der Waals surface area contributed by atoms with Crippen molar-refractivity contribution in [1.82, 2.24) is 14.9 Å². The fraction of sp³-hybridized carbons (Fsp3) is 0.636. The molecule has 0 bridgehead atoms. The molecule has 2 heterocycles. The van der Waals surface area contributed by atoms with Gasteiger partial charge >= 0.3 is 0 Å². The fourth-order valence-electron chi connectivity index (χ4n) is 2.16. The summed E-state index contributed by atoms with van der Waals surface area (Å²) in [5.41, 5.74) is 0.566. The van der Waals surface area contributed by atoms with E-state index in [1.165, 1.54) is 19.2 Å². The number of hydrogen-bond acceptors (Lipinski definition) is 3. The summed E-state index contributed by atoms with van der Waals surface area (Å²) >= 11 is 0. The van der Waals surface area contributed by atoms with Crippen molar-refractivity contribution in [3.63, 3.8) is 0 Å². The number of nitrogens with one attached hydrogen (secondary N) is 1. The summed E-state index contributed by atoms with van der Waals surface area (Å²) in [7, 11) is 0. The Morgan fingerprint density at radius 2 is 2.44 bits per heavy atom. The molecule has 1 saturated carbocycles. The van der Waals surface area contributed by atoms with E-state index in [-0.39, 0.29) is 12.0 Å². The van der Waals surface area contributed by atoms with Gasteiger partial charge in [-0.2, -0.15) is 0 Å². The highest BCUT2D eigenvalue weighted by Gasteiger charge is 2.36. The number of hydrogen-bond donors (Lipinski definition) is 1. The minimum Gasteiger partial charge on any atom is -0.374 e. The largest absolute Gasteiger partial charge is 0.374 e. The van der Waals surface area contributed by atoms with Crippen LogP contribution in [0.1, 0.15) is 23.3 Å². The topological polar surface area (TPSA) is 58.2 Å². The minimum absolute atomic E-state index is 0.0338. The zero-order valence-electron chi connectivity index (χ0n) is 9.06. The van der Waals surface area contributed by atoms with Crippen LogP contribution in [0.3, 0.4) is 0 Å². The van der Waals surface area contributed by atoms with E-state index in [1.807, 2.05) is 4.90 Å². The monoisotopic (exact) mass is 221 g/mol. The molecular formula is C11H15N3O2. The number of morpholine rings is 1. The van der Waals surface area contributed by atoms with E-state index in [0.29, 0.717) is 24.8 Å². The predicted octanol–water partition coefficient (Wildman–Crippen LogP) is 0.661. The van der Waals surface area contributed by atoms with E-state index >= 15 is 0 Å². The van der Waals surface area contributed by atoms with Gasteiger partial charge in [0.15, 0.2) is 0 Å². The molecule has 1 aromatic rings. The van der Waals surface area contributed by atoms with Gasteiger partial charge in [0, 0.05) is 13.1 Å². The standard InChI is InChI=1S/C11H15N3O2/c15-11(9-5-12-7-13-9)14-3-4-16-10(6-14)8-1-2-8/h5,7-8,10H,1-4,6H2,(H,12,13). The Labute approximate surface area is 93.8 Å². The lowest BCUT2D eigenvalue weighted by Crippen LogP contribution is -2.46. The first-order valence-electron chi connectivity index (χ1n) is 5.74. The Bertz CT molecular complexity index is 373. The average molecular weight is 221 g/mol. The first-order chi connectivity index (χ1) is 7.84. The van der Waals surface area contributed by atoms with Crippen LogP contribution >= 0.6 is 0 Å². The normalized spacial score (nSPS) is 25.8. The van der Waals surface area contributed by atoms with Crippen LogP contribution in [0.15, 0.2) is 12.5 Å². The third-order valence-electron chi connectivity index (χ3n) is 3.26. The van der Waals surface area contributed by atoms with Gasteiger partial charge in [-0.3, -0.25) is 4.79 Å². The van der Waals surface area contributed by atoms with Crippen molar-refractivity contribution < 1.29 is 9.53 Å². The number of aromatic amines is 1. The summed E-state index contributed by atoms with van der Waals surface area (Å²) in [4.78, 5) is 20.6. The first kappa shape index (κ1) is 9.84. The number of amides is 1. The van der Waals surface area contributed by atoms with Gasteiger partial charge in [-0.15, -0.1) is 0 Å². The van der Waals surface area contributed by atoms with Crippen LogP contribution in [0.4, 0.5) is 0 Å². The molecule has 1 amide bonds. The van der Waals surface area contributed by atoms with Gasteiger partial charge in [0.25, 0.3) is 5.91 Å². The van der Waals surface area contributed by atoms with Gasteiger partial charge in [0.1, 0.15) is 5.69 Å². The maximum absolute atomic E-state index is 12.0. The van der Waals surface area contributed by atoms with Crippen LogP contribution in [0.2, 0.25) is 0 Å². The summed E-state index contributed by atoms with van der Waals surface area (Å²) in [5, 5.41) is 0. The second-order valence-corrected chi connectivity index (χ2v) is 4.46. The third kappa shape index (κ3) is 1.82. The van der Waals surface area contributed by atoms with Crippen LogP contribution in [-0.2, 0) is 4.74 Å². The van der Waals surface area contributed by atoms with Crippen LogP contribution in [0.25, 0.3) is 0 Å². The molecule has 1 unspecified atom stereocenters. The van der Waals surface area contributed by atoms with Gasteiger partial charge < -0.3 is 14.6 Å². The molecule has 1 N–H and O–H groups in total. The summed E-state index contributed by atoms with van der Waals surface area (Å²) in [6.07, 6.45) is 5.85. The molecule has 1 atom stereocenters. The highest BCUT2D eigenvalue weighted by molar-refractivity contribution is 5.92. The number of ether oxygens (including phenoxy) is 1. The Kier molecular flexibility index (Phi) is 2.40. The lowest BCUT2D eigenvalue weighted by Gasteiger charge is -2.32. The van der Waals surface area contributed by atoms with Crippen molar-refractivity contribution in [3.8, 4) is 0 Å². The van der Waals surface area contributed by atoms with Crippen molar-refractivity contribution in [2.75, 3.05) is 19.7 Å². The third-order valence-corrected chi connectivity index (χ3v) is 3.26. The summed E-state index contributed by atoms with van der Waals surface area (Å²) in [6, 6.07) is 0. The molecule has 3 rings (SSSR count). The molecule has 5 nitrogen and oxygen atoms in total. The number of nitrogens with zero attached hydrogens (tertiary/aromatic N) is 2. The maximum Gasteiger partial charge on any atom is 0.272 e. The molecule has 86 valence electrons. The van der Waals surface area contributed by atoms with E-state index in [4.69, 9.17) is 4.74 Å². The van der Waals surface area contributed by atoms with Gasteiger partial charge in [0.05, 0.1) is 25.2 Å². The summed E-state index contributed by atoms with van der Waals surface area (Å²) in [5.74, 6) is 0.712. The lowest BCUT2D eigenvalue weighted by molar-refractivity contribution is -0.0315. The highest BCUT2D eigenvalue weighted by atomic mass is 16.5. The Morgan fingerprint density at radius 1 is 1.56 bits per heavy atom. The van der Waals surface area contributed by atoms with E-state index in [1.54, 1.807) is 6.20 Å². The van der Waals surface area contributed by atoms with E-state index in [9.17, 15) is 4.79 Å². The Morgan fingerprint density at radius 3 is 3.12 bits per heavy atom. The van der Waals surface area contributed by atoms with Crippen molar-refractivity contribution in [1.29, 1.82) is 0 Å². The predicted molar refractivity (Wildman–Crippen MR) is 57.0 cm³/mol. The second kappa shape index (κ2) is 3.90. The highest BCUT2D eigenvalue weighted by Crippen LogP contribution is 2.35. The molecule has 1 aliphatic carbocycles. The van der Waals surface area contributed by atoms with Gasteiger partial charge in [-0.05, 0) is 18.8 Å². The van der Waals surface area contributed by atoms with E-state index in [2.05, 4.69) is 9.97 Å². The second-order valence-electron chi connectivity index (χ2n) is 4.46. The summed E-state index contributed by atoms with van der Waals surface area (Å²) in [6.45, 7) is 2.06. The Hall–Kier alpha value is -1.36. The van der Waals surface area contributed by atoms with Crippen LogP contribution < -0.4 is 0 Å². The van der Waals surface area contributed by atoms with Crippen LogP contribution in [0.5, 0.6) is 0 Å². The molecule has 16 heavy (non-hydrogen) atoms. The number of imidazole rings is 1. The first-order valence-corrected chi connectivity index (χ1v) is 5.74. The zero-order valence-corrected chi connectivity index (χ0v) is 9.06. The Balaban J connectivity index is 1.67. The molecular weight excluding hydrogens is 206 g/mol. The zero-order chi connectivity index (χ0) is 11.0. The smallest absolute Gasteiger partial charge is 0.272 e. The molecule has 2 fully saturated rings. The SMILES string of the molecule is O=C(c1cnc[nH]1)N1CCOC(C2CC2)C1. The number of rotatable bonds is 2. The molecule has 0 aromatic carbocycles. The molecule has 1 aliphatic heterocycles. The van der Waals surface area contributed by atoms with Crippen LogP contribution in [0, 0.1) is 5.92 Å². The molecule has 1 aromatic heterocycles. The number of H-pyrrole nitrogens is 1. The van der Waals surface area contributed by atoms with Gasteiger partial charge in [-0.1, -0.05) is 0 Å². The van der Waals surface area contributed by atoms with Crippen molar-refractivity contribution in [2.45, 2.75) is 18.9 Å².